The Hall–Kier alpha value is -0.570. The van der Waals surface area contributed by atoms with E-state index in [1.807, 2.05) is 4.90 Å². The van der Waals surface area contributed by atoms with Crippen molar-refractivity contribution in [2.75, 3.05) is 13.1 Å². The summed E-state index contributed by atoms with van der Waals surface area (Å²) >= 11 is 0. The number of hydrogen-bond acceptors (Lipinski definition) is 2. The maximum absolute atomic E-state index is 12.4. The number of nitrogens with zero attached hydrogens (tertiary/aromatic N) is 1. The first-order chi connectivity index (χ1) is 8.10. The third-order valence-corrected chi connectivity index (χ3v) is 4.06. The molecule has 0 heterocycles. The third kappa shape index (κ3) is 3.98. The Morgan fingerprint density at radius 2 is 2.06 bits per heavy atom. The molecule has 0 aromatic rings. The molecule has 0 radical (unpaired) electrons. The van der Waals surface area contributed by atoms with E-state index in [4.69, 9.17) is 5.73 Å². The van der Waals surface area contributed by atoms with Gasteiger partial charge in [0.15, 0.2) is 0 Å². The van der Waals surface area contributed by atoms with Crippen LogP contribution in [-0.2, 0) is 4.79 Å². The largest absolute Gasteiger partial charge is 0.343 e. The minimum Gasteiger partial charge on any atom is -0.343 e. The smallest absolute Gasteiger partial charge is 0.225 e. The fraction of sp³-hybridized carbons (Fsp3) is 0.929. The normalized spacial score (nSPS) is 29.1. The summed E-state index contributed by atoms with van der Waals surface area (Å²) in [5, 5.41) is 0. The number of hydrogen-bond donors (Lipinski definition) is 1. The van der Waals surface area contributed by atoms with Crippen molar-refractivity contribution in [2.45, 2.75) is 58.9 Å². The molecule has 0 aromatic heterocycles. The number of amides is 1. The summed E-state index contributed by atoms with van der Waals surface area (Å²) in [5.41, 5.74) is 6.00. The molecule has 2 N–H and O–H groups in total. The van der Waals surface area contributed by atoms with Crippen LogP contribution in [0.15, 0.2) is 0 Å². The van der Waals surface area contributed by atoms with Gasteiger partial charge in [-0.05, 0) is 38.5 Å². The molecule has 3 atom stereocenters. The van der Waals surface area contributed by atoms with Gasteiger partial charge < -0.3 is 10.6 Å². The average molecular weight is 240 g/mol. The molecule has 3 heteroatoms. The number of carbonyl (C=O) groups is 1. The lowest BCUT2D eigenvalue weighted by molar-refractivity contribution is -0.137. The first-order valence-electron chi connectivity index (χ1n) is 7.14. The zero-order valence-corrected chi connectivity index (χ0v) is 11.6. The number of unbranched alkanes of at least 4 members (excludes halogenated alkanes) is 1. The van der Waals surface area contributed by atoms with Crippen molar-refractivity contribution >= 4 is 5.91 Å². The summed E-state index contributed by atoms with van der Waals surface area (Å²) in [5.74, 6) is 1.07. The summed E-state index contributed by atoms with van der Waals surface area (Å²) in [4.78, 5) is 14.4. The van der Waals surface area contributed by atoms with Crippen molar-refractivity contribution in [2.24, 2.45) is 17.6 Å². The van der Waals surface area contributed by atoms with E-state index in [-0.39, 0.29) is 5.92 Å². The summed E-state index contributed by atoms with van der Waals surface area (Å²) in [7, 11) is 0. The van der Waals surface area contributed by atoms with Gasteiger partial charge in [0.05, 0.1) is 0 Å². The Balaban J connectivity index is 2.50. The highest BCUT2D eigenvalue weighted by atomic mass is 16.2. The van der Waals surface area contributed by atoms with Crippen molar-refractivity contribution in [1.29, 1.82) is 0 Å². The highest BCUT2D eigenvalue weighted by molar-refractivity contribution is 5.79. The second kappa shape index (κ2) is 7.00. The Labute approximate surface area is 106 Å². The van der Waals surface area contributed by atoms with Crippen LogP contribution in [-0.4, -0.2) is 29.9 Å². The van der Waals surface area contributed by atoms with Gasteiger partial charge in [0.2, 0.25) is 5.91 Å². The molecule has 1 rings (SSSR count). The number of nitrogens with two attached hydrogens (primary N) is 1. The Kier molecular flexibility index (Phi) is 5.96. The van der Waals surface area contributed by atoms with Crippen LogP contribution in [0.4, 0.5) is 0 Å². The molecule has 100 valence electrons. The van der Waals surface area contributed by atoms with Crippen molar-refractivity contribution in [3.8, 4) is 0 Å². The topological polar surface area (TPSA) is 46.3 Å². The van der Waals surface area contributed by atoms with Crippen molar-refractivity contribution in [3.63, 3.8) is 0 Å². The van der Waals surface area contributed by atoms with Gasteiger partial charge in [-0.3, -0.25) is 4.79 Å². The van der Waals surface area contributed by atoms with E-state index in [1.54, 1.807) is 0 Å². The predicted octanol–water partition coefficient (Wildman–Crippen LogP) is 2.40. The Bertz CT molecular complexity index is 242. The first-order valence-corrected chi connectivity index (χ1v) is 7.14. The molecule has 0 aliphatic heterocycles. The molecule has 3 unspecified atom stereocenters. The zero-order chi connectivity index (χ0) is 12.8. The van der Waals surface area contributed by atoms with Gasteiger partial charge in [-0.2, -0.15) is 0 Å². The lowest BCUT2D eigenvalue weighted by Gasteiger charge is -2.34. The minimum atomic E-state index is 0.224. The second-order valence-electron chi connectivity index (χ2n) is 5.42. The molecular weight excluding hydrogens is 212 g/mol. The second-order valence-corrected chi connectivity index (χ2v) is 5.42. The van der Waals surface area contributed by atoms with Crippen molar-refractivity contribution in [1.82, 2.24) is 4.90 Å². The molecule has 3 nitrogen and oxygen atoms in total. The Morgan fingerprint density at radius 3 is 2.59 bits per heavy atom. The van der Waals surface area contributed by atoms with Gasteiger partial charge in [0.25, 0.3) is 0 Å². The van der Waals surface area contributed by atoms with Crippen LogP contribution in [0.2, 0.25) is 0 Å². The van der Waals surface area contributed by atoms with E-state index in [1.165, 1.54) is 0 Å². The van der Waals surface area contributed by atoms with Gasteiger partial charge in [-0.1, -0.05) is 20.3 Å². The van der Waals surface area contributed by atoms with Gasteiger partial charge in [-0.25, -0.2) is 0 Å². The molecule has 0 spiro atoms. The summed E-state index contributed by atoms with van der Waals surface area (Å²) in [6, 6.07) is 0.296. The fourth-order valence-corrected chi connectivity index (χ4v) is 2.68. The maximum Gasteiger partial charge on any atom is 0.225 e. The lowest BCUT2D eigenvalue weighted by atomic mass is 9.78. The summed E-state index contributed by atoms with van der Waals surface area (Å²) in [6.45, 7) is 8.18. The summed E-state index contributed by atoms with van der Waals surface area (Å²) in [6.07, 6.45) is 5.22. The van der Waals surface area contributed by atoms with Crippen LogP contribution in [0, 0.1) is 11.8 Å². The van der Waals surface area contributed by atoms with E-state index in [2.05, 4.69) is 20.8 Å². The highest BCUT2D eigenvalue weighted by Gasteiger charge is 2.31. The van der Waals surface area contributed by atoms with Crippen LogP contribution in [0.3, 0.4) is 0 Å². The monoisotopic (exact) mass is 240 g/mol. The van der Waals surface area contributed by atoms with Crippen LogP contribution in [0.5, 0.6) is 0 Å². The van der Waals surface area contributed by atoms with Crippen molar-refractivity contribution < 1.29 is 4.79 Å². The molecule has 1 saturated carbocycles. The average Bonchev–Trinajstić information content (AvgIpc) is 2.33. The molecule has 0 aromatic carbocycles. The fourth-order valence-electron chi connectivity index (χ4n) is 2.68. The van der Waals surface area contributed by atoms with Gasteiger partial charge in [-0.15, -0.1) is 0 Å². The maximum atomic E-state index is 12.4. The van der Waals surface area contributed by atoms with Crippen molar-refractivity contribution in [3.05, 3.63) is 0 Å². The SMILES string of the molecule is CCCCN(CC)C(=O)C1CCC(N)C(C)C1. The molecule has 1 aliphatic rings. The van der Waals surface area contributed by atoms with E-state index < -0.39 is 0 Å². The van der Waals surface area contributed by atoms with Gasteiger partial charge in [0, 0.05) is 25.0 Å². The molecule has 0 saturated heterocycles. The predicted molar refractivity (Wildman–Crippen MR) is 71.6 cm³/mol. The zero-order valence-electron chi connectivity index (χ0n) is 11.6. The Morgan fingerprint density at radius 1 is 1.35 bits per heavy atom. The van der Waals surface area contributed by atoms with E-state index in [0.717, 1.165) is 45.2 Å². The molecular formula is C14H28N2O. The lowest BCUT2D eigenvalue weighted by Crippen LogP contribution is -2.42. The van der Waals surface area contributed by atoms with E-state index >= 15 is 0 Å². The van der Waals surface area contributed by atoms with Gasteiger partial charge in [0.1, 0.15) is 0 Å². The van der Waals surface area contributed by atoms with Crippen LogP contribution >= 0.6 is 0 Å². The van der Waals surface area contributed by atoms with Crippen LogP contribution < -0.4 is 5.73 Å². The quantitative estimate of drug-likeness (QED) is 0.802. The first kappa shape index (κ1) is 14.5. The standard InChI is InChI=1S/C14H28N2O/c1-4-6-9-16(5-2)14(17)12-7-8-13(15)11(3)10-12/h11-13H,4-10,15H2,1-3H3. The van der Waals surface area contributed by atoms with Crippen LogP contribution in [0.1, 0.15) is 52.9 Å². The van der Waals surface area contributed by atoms with E-state index in [9.17, 15) is 4.79 Å². The number of rotatable bonds is 5. The molecule has 17 heavy (non-hydrogen) atoms. The number of carbonyl (C=O) groups excluding carboxylic acids is 1. The molecule has 0 bridgehead atoms. The van der Waals surface area contributed by atoms with Crippen LogP contribution in [0.25, 0.3) is 0 Å². The third-order valence-electron chi connectivity index (χ3n) is 4.06. The molecule has 1 amide bonds. The summed E-state index contributed by atoms with van der Waals surface area (Å²) < 4.78 is 0. The molecule has 1 aliphatic carbocycles. The minimum absolute atomic E-state index is 0.224. The van der Waals surface area contributed by atoms with E-state index in [0.29, 0.717) is 17.9 Å². The van der Waals surface area contributed by atoms with Gasteiger partial charge >= 0.3 is 0 Å². The molecule has 1 fully saturated rings. The highest BCUT2D eigenvalue weighted by Crippen LogP contribution is 2.29.